The van der Waals surface area contributed by atoms with Gasteiger partial charge in [-0.05, 0) is 42.7 Å². The summed E-state index contributed by atoms with van der Waals surface area (Å²) in [7, 11) is 0. The number of benzene rings is 2. The summed E-state index contributed by atoms with van der Waals surface area (Å²) in [5.74, 6) is -1.85. The third-order valence-electron chi connectivity index (χ3n) is 3.63. The van der Waals surface area contributed by atoms with Crippen LogP contribution in [0.1, 0.15) is 12.0 Å². The van der Waals surface area contributed by atoms with E-state index in [9.17, 15) is 14.0 Å². The maximum atomic E-state index is 13.1. The largest absolute Gasteiger partial charge is 0.318 e. The van der Waals surface area contributed by atoms with Crippen LogP contribution in [0, 0.1) is 5.82 Å². The zero-order valence-electron chi connectivity index (χ0n) is 11.9. The fourth-order valence-electron chi connectivity index (χ4n) is 2.62. The number of hydrogen-bond donors (Lipinski definition) is 1. The van der Waals surface area contributed by atoms with Crippen LogP contribution in [0.15, 0.2) is 48.5 Å². The normalized spacial score (nSPS) is 13.4. The maximum absolute atomic E-state index is 13.1. The van der Waals surface area contributed by atoms with Gasteiger partial charge in [0.05, 0.1) is 0 Å². The molecule has 112 valence electrons. The summed E-state index contributed by atoms with van der Waals surface area (Å²) in [5, 5.41) is 2.44. The van der Waals surface area contributed by atoms with Crippen molar-refractivity contribution in [2.75, 3.05) is 16.8 Å². The second kappa shape index (κ2) is 5.97. The number of nitrogens with one attached hydrogen (secondary N) is 1. The van der Waals surface area contributed by atoms with Crippen LogP contribution in [0.25, 0.3) is 0 Å². The predicted molar refractivity (Wildman–Crippen MR) is 82.1 cm³/mol. The first-order chi connectivity index (χ1) is 10.6. The van der Waals surface area contributed by atoms with Gasteiger partial charge in [0.1, 0.15) is 5.82 Å². The van der Waals surface area contributed by atoms with E-state index in [-0.39, 0.29) is 5.69 Å². The number of nitrogens with zero attached hydrogens (tertiary/aromatic N) is 1. The van der Waals surface area contributed by atoms with Gasteiger partial charge >= 0.3 is 11.8 Å². The number of anilines is 2. The average molecular weight is 298 g/mol. The van der Waals surface area contributed by atoms with E-state index in [1.165, 1.54) is 23.1 Å². The highest BCUT2D eigenvalue weighted by molar-refractivity contribution is 6.44. The van der Waals surface area contributed by atoms with Gasteiger partial charge in [0, 0.05) is 17.9 Å². The van der Waals surface area contributed by atoms with Crippen LogP contribution < -0.4 is 10.2 Å². The van der Waals surface area contributed by atoms with Crippen molar-refractivity contribution in [1.82, 2.24) is 0 Å². The van der Waals surface area contributed by atoms with Crippen LogP contribution in [-0.4, -0.2) is 18.4 Å². The van der Waals surface area contributed by atoms with Gasteiger partial charge in [-0.15, -0.1) is 0 Å². The number of fused-ring (bicyclic) bond motifs is 1. The van der Waals surface area contributed by atoms with Crippen molar-refractivity contribution in [2.45, 2.75) is 12.8 Å². The van der Waals surface area contributed by atoms with Gasteiger partial charge in [-0.25, -0.2) is 4.39 Å². The van der Waals surface area contributed by atoms with Gasteiger partial charge in [-0.3, -0.25) is 9.59 Å². The summed E-state index contributed by atoms with van der Waals surface area (Å²) >= 11 is 0. The standard InChI is InChI=1S/C17H15FN2O2/c18-13-7-3-8-14(11-13)19-16(21)17(22)20-10-4-6-12-5-1-2-9-15(12)20/h1-3,5,7-9,11H,4,6,10H2,(H,19,21). The number of para-hydroxylation sites is 1. The fourth-order valence-corrected chi connectivity index (χ4v) is 2.62. The Morgan fingerprint density at radius 3 is 2.73 bits per heavy atom. The van der Waals surface area contributed by atoms with Crippen molar-refractivity contribution >= 4 is 23.2 Å². The summed E-state index contributed by atoms with van der Waals surface area (Å²) < 4.78 is 13.1. The van der Waals surface area contributed by atoms with E-state index in [4.69, 9.17) is 0 Å². The molecule has 0 spiro atoms. The van der Waals surface area contributed by atoms with Crippen molar-refractivity contribution in [3.63, 3.8) is 0 Å². The number of carbonyl (C=O) groups excluding carboxylic acids is 2. The van der Waals surface area contributed by atoms with Crippen LogP contribution in [-0.2, 0) is 16.0 Å². The zero-order valence-corrected chi connectivity index (χ0v) is 11.9. The first-order valence-electron chi connectivity index (χ1n) is 7.11. The molecule has 0 bridgehead atoms. The van der Waals surface area contributed by atoms with E-state index >= 15 is 0 Å². The third kappa shape index (κ3) is 2.83. The molecule has 0 saturated heterocycles. The molecule has 0 fully saturated rings. The minimum Gasteiger partial charge on any atom is -0.318 e. The Labute approximate surface area is 127 Å². The van der Waals surface area contributed by atoms with Crippen molar-refractivity contribution in [2.24, 2.45) is 0 Å². The molecule has 0 saturated carbocycles. The van der Waals surface area contributed by atoms with Crippen molar-refractivity contribution in [1.29, 1.82) is 0 Å². The minimum absolute atomic E-state index is 0.267. The lowest BCUT2D eigenvalue weighted by atomic mass is 10.0. The second-order valence-electron chi connectivity index (χ2n) is 5.15. The molecule has 0 aliphatic carbocycles. The Morgan fingerprint density at radius 2 is 1.91 bits per heavy atom. The van der Waals surface area contributed by atoms with Crippen LogP contribution >= 0.6 is 0 Å². The van der Waals surface area contributed by atoms with E-state index in [0.717, 1.165) is 24.1 Å². The molecule has 1 aliphatic rings. The topological polar surface area (TPSA) is 49.4 Å². The molecule has 1 heterocycles. The molecule has 0 aromatic heterocycles. The summed E-state index contributed by atoms with van der Waals surface area (Å²) in [5.41, 5.74) is 2.09. The molecule has 0 atom stereocenters. The molecule has 2 aromatic carbocycles. The fraction of sp³-hybridized carbons (Fsp3) is 0.176. The van der Waals surface area contributed by atoms with E-state index < -0.39 is 17.6 Å². The molecule has 0 unspecified atom stereocenters. The Kier molecular flexibility index (Phi) is 3.87. The first kappa shape index (κ1) is 14.3. The van der Waals surface area contributed by atoms with Gasteiger partial charge in [0.25, 0.3) is 0 Å². The van der Waals surface area contributed by atoms with Gasteiger partial charge < -0.3 is 10.2 Å². The van der Waals surface area contributed by atoms with Crippen LogP contribution in [0.4, 0.5) is 15.8 Å². The Balaban J connectivity index is 1.78. The highest BCUT2D eigenvalue weighted by Gasteiger charge is 2.27. The Hall–Kier alpha value is -2.69. The molecular formula is C17H15FN2O2. The van der Waals surface area contributed by atoms with E-state index in [2.05, 4.69) is 5.32 Å². The molecule has 22 heavy (non-hydrogen) atoms. The van der Waals surface area contributed by atoms with Gasteiger partial charge in [-0.2, -0.15) is 0 Å². The predicted octanol–water partition coefficient (Wildman–Crippen LogP) is 2.74. The Morgan fingerprint density at radius 1 is 1.09 bits per heavy atom. The first-order valence-corrected chi connectivity index (χ1v) is 7.11. The number of hydrogen-bond acceptors (Lipinski definition) is 2. The minimum atomic E-state index is -0.762. The molecule has 4 nitrogen and oxygen atoms in total. The number of halogens is 1. The summed E-state index contributed by atoms with van der Waals surface area (Å²) in [4.78, 5) is 26.0. The van der Waals surface area contributed by atoms with E-state index in [1.54, 1.807) is 6.07 Å². The zero-order chi connectivity index (χ0) is 15.5. The third-order valence-corrected chi connectivity index (χ3v) is 3.63. The van der Waals surface area contributed by atoms with Crippen molar-refractivity contribution < 1.29 is 14.0 Å². The summed E-state index contributed by atoms with van der Waals surface area (Å²) in [6, 6.07) is 13.0. The van der Waals surface area contributed by atoms with E-state index in [0.29, 0.717) is 6.54 Å². The lowest BCUT2D eigenvalue weighted by molar-refractivity contribution is -0.134. The molecule has 1 aliphatic heterocycles. The molecule has 2 aromatic rings. The van der Waals surface area contributed by atoms with E-state index in [1.807, 2.05) is 24.3 Å². The highest BCUT2D eigenvalue weighted by atomic mass is 19.1. The monoisotopic (exact) mass is 298 g/mol. The number of aryl methyl sites for hydroxylation is 1. The SMILES string of the molecule is O=C(Nc1cccc(F)c1)C(=O)N1CCCc2ccccc21. The summed E-state index contributed by atoms with van der Waals surface area (Å²) in [6.45, 7) is 0.506. The molecule has 2 amide bonds. The number of amides is 2. The van der Waals surface area contributed by atoms with Crippen LogP contribution in [0.3, 0.4) is 0 Å². The van der Waals surface area contributed by atoms with Gasteiger partial charge in [0.15, 0.2) is 0 Å². The second-order valence-corrected chi connectivity index (χ2v) is 5.15. The maximum Gasteiger partial charge on any atom is 0.316 e. The Bertz CT molecular complexity index is 730. The molecule has 3 rings (SSSR count). The van der Waals surface area contributed by atoms with Gasteiger partial charge in [0.2, 0.25) is 0 Å². The molecule has 0 radical (unpaired) electrons. The van der Waals surface area contributed by atoms with Crippen molar-refractivity contribution in [3.05, 3.63) is 59.9 Å². The smallest absolute Gasteiger partial charge is 0.316 e. The molecule has 5 heteroatoms. The highest BCUT2D eigenvalue weighted by Crippen LogP contribution is 2.26. The van der Waals surface area contributed by atoms with Crippen LogP contribution in [0.2, 0.25) is 0 Å². The molecular weight excluding hydrogens is 283 g/mol. The lowest BCUT2D eigenvalue weighted by Crippen LogP contribution is -2.42. The summed E-state index contributed by atoms with van der Waals surface area (Å²) in [6.07, 6.45) is 1.71. The number of rotatable bonds is 1. The van der Waals surface area contributed by atoms with Crippen molar-refractivity contribution in [3.8, 4) is 0 Å². The quantitative estimate of drug-likeness (QED) is 0.823. The van der Waals surface area contributed by atoms with Crippen LogP contribution in [0.5, 0.6) is 0 Å². The average Bonchev–Trinajstić information content (AvgIpc) is 2.53. The van der Waals surface area contributed by atoms with Gasteiger partial charge in [-0.1, -0.05) is 24.3 Å². The lowest BCUT2D eigenvalue weighted by Gasteiger charge is -2.28. The molecule has 1 N–H and O–H groups in total. The number of carbonyl (C=O) groups is 2.